The number of aliphatic hydroxyl groups excluding tert-OH is 2. The molecule has 3 aliphatic heterocycles. The number of hydrogen-bond donors (Lipinski definition) is 9. The van der Waals surface area contributed by atoms with Crippen molar-refractivity contribution in [1.82, 2.24) is 41.8 Å². The van der Waals surface area contributed by atoms with E-state index in [-0.39, 0.29) is 18.5 Å². The third-order valence-corrected chi connectivity index (χ3v) is 11.6. The molecule has 8 atom stereocenters. The first-order valence-electron chi connectivity index (χ1n) is 22.4. The topological polar surface area (TPSA) is 270 Å². The van der Waals surface area contributed by atoms with E-state index in [9.17, 15) is 43.8 Å². The zero-order chi connectivity index (χ0) is 49.1. The van der Waals surface area contributed by atoms with E-state index in [0.29, 0.717) is 5.56 Å². The molecule has 3 aromatic rings. The number of β-amino-alcohol motifs (C(OH)–C–C–N with tert-alkyl or cyclic N) is 1. The molecule has 2 fully saturated rings. The van der Waals surface area contributed by atoms with Gasteiger partial charge in [-0.3, -0.25) is 33.6 Å². The van der Waals surface area contributed by atoms with Gasteiger partial charge in [-0.2, -0.15) is 0 Å². The summed E-state index contributed by atoms with van der Waals surface area (Å²) in [7, 11) is 1.33. The molecule has 68 heavy (non-hydrogen) atoms. The van der Waals surface area contributed by atoms with E-state index < -0.39 is 122 Å². The first-order chi connectivity index (χ1) is 32.3. The summed E-state index contributed by atoms with van der Waals surface area (Å²) in [4.78, 5) is 98.0. The van der Waals surface area contributed by atoms with Crippen molar-refractivity contribution in [2.24, 2.45) is 5.92 Å². The van der Waals surface area contributed by atoms with Crippen LogP contribution in [0.3, 0.4) is 0 Å². The molecule has 19 nitrogen and oxygen atoms in total. The lowest BCUT2D eigenvalue weighted by Crippen LogP contribution is -2.60. The Bertz CT molecular complexity index is 2480. The van der Waals surface area contributed by atoms with E-state index in [2.05, 4.69) is 36.9 Å². The van der Waals surface area contributed by atoms with E-state index in [4.69, 9.17) is 9.47 Å². The number of carbonyl (C=O) groups is 7. The Balaban J connectivity index is 1.24. The smallest absolute Gasteiger partial charge is 0.251 e. The number of H-pyrrole nitrogens is 1. The molecule has 0 bridgehead atoms. The lowest BCUT2D eigenvalue weighted by atomic mass is 9.91. The maximum atomic E-state index is 14.0. The van der Waals surface area contributed by atoms with Crippen molar-refractivity contribution >= 4 is 58.3 Å². The second kappa shape index (κ2) is 22.7. The first-order valence-corrected chi connectivity index (χ1v) is 22.4. The van der Waals surface area contributed by atoms with Crippen molar-refractivity contribution < 1.29 is 53.2 Å². The van der Waals surface area contributed by atoms with E-state index in [0.717, 1.165) is 33.0 Å². The zero-order valence-corrected chi connectivity index (χ0v) is 38.6. The highest BCUT2D eigenvalue weighted by Gasteiger charge is 2.51. The lowest BCUT2D eigenvalue weighted by molar-refractivity contribution is -0.157. The quantitative estimate of drug-likeness (QED) is 0.142. The molecule has 2 saturated heterocycles. The second-order valence-corrected chi connectivity index (χ2v) is 17.7. The number of aromatic amines is 1. The maximum absolute atomic E-state index is 14.0. The van der Waals surface area contributed by atoms with Gasteiger partial charge in [0.1, 0.15) is 12.1 Å². The second-order valence-electron chi connectivity index (χ2n) is 17.7. The fourth-order valence-corrected chi connectivity index (χ4v) is 8.08. The number of ether oxygens (including phenoxy) is 2. The van der Waals surface area contributed by atoms with Crippen LogP contribution in [0.2, 0.25) is 0 Å². The number of nitrogens with zero attached hydrogens (tertiary/aromatic N) is 1. The lowest BCUT2D eigenvalue weighted by Gasteiger charge is -2.32. The molecular formula is C49H60N8O11. The van der Waals surface area contributed by atoms with E-state index in [1.807, 2.05) is 98.8 Å². The predicted octanol–water partition coefficient (Wildman–Crippen LogP) is 0.757. The van der Waals surface area contributed by atoms with E-state index >= 15 is 0 Å². The molecule has 0 saturated carbocycles. The van der Waals surface area contributed by atoms with Gasteiger partial charge in [0.15, 0.2) is 11.9 Å². The molecule has 362 valence electrons. The van der Waals surface area contributed by atoms with E-state index in [1.54, 1.807) is 20.0 Å². The number of aromatic nitrogens is 1. The summed E-state index contributed by atoms with van der Waals surface area (Å²) in [5, 5.41) is 38.9. The monoisotopic (exact) mass is 936 g/mol. The molecule has 0 unspecified atom stereocenters. The van der Waals surface area contributed by atoms with Crippen LogP contribution in [0.5, 0.6) is 0 Å². The summed E-state index contributed by atoms with van der Waals surface area (Å²) in [5.41, 5.74) is 3.45. The highest BCUT2D eigenvalue weighted by atomic mass is 16.8. The summed E-state index contributed by atoms with van der Waals surface area (Å²) >= 11 is 0. The van der Waals surface area contributed by atoms with Crippen LogP contribution < -0.4 is 31.9 Å². The number of carbonyl (C=O) groups excluding carboxylic acids is 7. The van der Waals surface area contributed by atoms with Gasteiger partial charge in [0, 0.05) is 54.8 Å². The van der Waals surface area contributed by atoms with Gasteiger partial charge in [-0.05, 0) is 38.0 Å². The van der Waals surface area contributed by atoms with Crippen molar-refractivity contribution in [2.75, 3.05) is 26.7 Å². The molecule has 6 rings (SSSR count). The number of rotatable bonds is 8. The number of fused-ring (bicyclic) bond motifs is 2. The number of allylic oxidation sites excluding steroid dienone is 4. The number of nitrogens with one attached hydrogen (secondary N) is 7. The van der Waals surface area contributed by atoms with Gasteiger partial charge in [0.05, 0.1) is 50.2 Å². The summed E-state index contributed by atoms with van der Waals surface area (Å²) in [6.45, 7) is 5.57. The van der Waals surface area contributed by atoms with Gasteiger partial charge in [-0.1, -0.05) is 91.4 Å². The van der Waals surface area contributed by atoms with Crippen LogP contribution in [-0.4, -0.2) is 136 Å². The molecule has 0 spiro atoms. The third-order valence-electron chi connectivity index (χ3n) is 11.6. The van der Waals surface area contributed by atoms with Gasteiger partial charge in [-0.25, -0.2) is 0 Å². The van der Waals surface area contributed by atoms with Crippen LogP contribution in [0.15, 0.2) is 102 Å². The van der Waals surface area contributed by atoms with Crippen molar-refractivity contribution in [2.45, 2.75) is 95.3 Å². The van der Waals surface area contributed by atoms with Crippen LogP contribution >= 0.6 is 0 Å². The standard InChI is InChI=1S/C49H60N8O11/c1-28(18-19-30-14-7-6-8-15-30)12-11-13-29(2)45-46(68-49(3,4)67-45)43-44(64)48(66)55-35-22-39(60)53-36(35)23-42(63)57(5)27-41(62)54-37(20-31-24-50-34-17-10-9-16-33(31)34)47(65)52-26-40(61)51-25-32(58)21-38(59)56-43/h6-19,23-24,29,32,35,37,43-46,50,58,64H,20-22,25-27H2,1-5H3,(H,51,61)(H,52,65)(H,53,60)(H,54,62)(H,55,66)(H,56,59)/b13-11+,19-18+,28-12+,36-23-/t29-,32+,35+,37+,43-,44-,45-,46-/m0/s1. The number of benzene rings is 2. The number of para-hydroxylation sites is 1. The molecule has 19 heteroatoms. The van der Waals surface area contributed by atoms with Crippen LogP contribution in [0.4, 0.5) is 0 Å². The molecule has 4 heterocycles. The SMILES string of the molecule is CC(/C=C/c1ccccc1)=C\C=C\[C@H](C)[C@@H]1OC(C)(C)O[C@H]1[C@H]1NC(=O)C[C@@H](O)CNC(=O)CNC(=O)[C@@H](Cc2c[nH]c3ccccc23)NC(=O)CN(C)C(=O)/C=C2\NC(=O)C[C@H]2NC(=O)[C@H]1O. The Morgan fingerprint density at radius 1 is 0.868 bits per heavy atom. The number of likely N-dealkylation sites (N-methyl/N-ethyl adjacent to an activating group) is 1. The summed E-state index contributed by atoms with van der Waals surface area (Å²) in [6.07, 6.45) is 5.87. The maximum Gasteiger partial charge on any atom is 0.251 e. The Labute approximate surface area is 393 Å². The van der Waals surface area contributed by atoms with Gasteiger partial charge >= 0.3 is 0 Å². The van der Waals surface area contributed by atoms with Crippen molar-refractivity contribution in [3.05, 3.63) is 114 Å². The Hall–Kier alpha value is -6.93. The van der Waals surface area contributed by atoms with Gasteiger partial charge in [0.25, 0.3) is 5.91 Å². The molecule has 0 radical (unpaired) electrons. The fraction of sp³-hybridized carbons (Fsp3) is 0.408. The molecule has 2 aromatic carbocycles. The summed E-state index contributed by atoms with van der Waals surface area (Å²) in [5.74, 6) is -6.96. The Morgan fingerprint density at radius 3 is 2.37 bits per heavy atom. The number of hydrogen-bond acceptors (Lipinski definition) is 11. The van der Waals surface area contributed by atoms with Gasteiger partial charge in [-0.15, -0.1) is 0 Å². The predicted molar refractivity (Wildman–Crippen MR) is 250 cm³/mol. The molecular weight excluding hydrogens is 877 g/mol. The Kier molecular flexibility index (Phi) is 16.9. The summed E-state index contributed by atoms with van der Waals surface area (Å²) < 4.78 is 12.6. The zero-order valence-electron chi connectivity index (χ0n) is 38.6. The van der Waals surface area contributed by atoms with E-state index in [1.165, 1.54) is 7.05 Å². The summed E-state index contributed by atoms with van der Waals surface area (Å²) in [6, 6.07) is 13.3. The third kappa shape index (κ3) is 13.8. The number of amides is 7. The minimum atomic E-state index is -2.04. The minimum Gasteiger partial charge on any atom is -0.391 e. The molecule has 0 aliphatic carbocycles. The van der Waals surface area contributed by atoms with Crippen LogP contribution in [0, 0.1) is 5.92 Å². The normalized spacial score (nSPS) is 27.7. The minimum absolute atomic E-state index is 0.00923. The molecule has 1 aromatic heterocycles. The van der Waals surface area contributed by atoms with Gasteiger partial charge in [0.2, 0.25) is 35.4 Å². The van der Waals surface area contributed by atoms with Crippen LogP contribution in [0.25, 0.3) is 17.0 Å². The average Bonchev–Trinajstić information content (AvgIpc) is 3.98. The van der Waals surface area contributed by atoms with Gasteiger partial charge < -0.3 is 61.5 Å². The van der Waals surface area contributed by atoms with Crippen molar-refractivity contribution in [3.8, 4) is 0 Å². The highest BCUT2D eigenvalue weighted by Crippen LogP contribution is 2.35. The highest BCUT2D eigenvalue weighted by molar-refractivity contribution is 5.96. The fourth-order valence-electron chi connectivity index (χ4n) is 8.08. The molecule has 9 N–H and O–H groups in total. The largest absolute Gasteiger partial charge is 0.391 e. The first kappa shape index (κ1) is 50.5. The number of aliphatic hydroxyl groups is 2. The van der Waals surface area contributed by atoms with Crippen LogP contribution in [-0.2, 0) is 49.5 Å². The molecule has 3 aliphatic rings. The van der Waals surface area contributed by atoms with Crippen molar-refractivity contribution in [1.29, 1.82) is 0 Å². The molecule has 7 amide bonds. The van der Waals surface area contributed by atoms with Crippen molar-refractivity contribution in [3.63, 3.8) is 0 Å². The average molecular weight is 937 g/mol. The van der Waals surface area contributed by atoms with Crippen LogP contribution in [0.1, 0.15) is 51.7 Å². The Morgan fingerprint density at radius 2 is 1.60 bits per heavy atom.